The van der Waals surface area contributed by atoms with Crippen molar-refractivity contribution in [3.63, 3.8) is 0 Å². The number of halogens is 1. The number of hydrogen-bond acceptors (Lipinski definition) is 3. The number of nitrogens with one attached hydrogen (secondary N) is 1. The van der Waals surface area contributed by atoms with Crippen molar-refractivity contribution in [3.8, 4) is 0 Å². The summed E-state index contributed by atoms with van der Waals surface area (Å²) in [6.07, 6.45) is 0. The summed E-state index contributed by atoms with van der Waals surface area (Å²) in [6.45, 7) is 7.35. The van der Waals surface area contributed by atoms with Gasteiger partial charge in [0.25, 0.3) is 0 Å². The van der Waals surface area contributed by atoms with Gasteiger partial charge in [0.05, 0.1) is 12.3 Å². The molecule has 4 heteroatoms. The molecule has 18 heavy (non-hydrogen) atoms. The van der Waals surface area contributed by atoms with Crippen molar-refractivity contribution in [2.45, 2.75) is 19.9 Å². The first-order valence-electron chi connectivity index (χ1n) is 6.45. The van der Waals surface area contributed by atoms with E-state index in [0.717, 1.165) is 24.1 Å². The number of anilines is 1. The molecule has 0 amide bonds. The lowest BCUT2D eigenvalue weighted by molar-refractivity contribution is 0.247. The molecule has 1 aliphatic heterocycles. The van der Waals surface area contributed by atoms with Crippen LogP contribution in [0.2, 0.25) is 0 Å². The van der Waals surface area contributed by atoms with Crippen LogP contribution in [0.15, 0.2) is 22.7 Å². The Morgan fingerprint density at radius 1 is 1.44 bits per heavy atom. The molecule has 0 aliphatic carbocycles. The molecule has 1 fully saturated rings. The number of hydrogen-bond donors (Lipinski definition) is 2. The van der Waals surface area contributed by atoms with E-state index in [2.05, 4.69) is 58.2 Å². The standard InChI is InChI=1S/C14H21BrN2O/c1-10-3-4-14(13(15)5-10)17-7-11(2)6-16-12(8-17)9-18/h3-5,11-12,16,18H,6-9H2,1-2H3. The van der Waals surface area contributed by atoms with Gasteiger partial charge in [0, 0.05) is 23.6 Å². The molecule has 0 aromatic heterocycles. The van der Waals surface area contributed by atoms with E-state index < -0.39 is 0 Å². The Hall–Kier alpha value is -0.580. The van der Waals surface area contributed by atoms with Crippen LogP contribution >= 0.6 is 15.9 Å². The first-order chi connectivity index (χ1) is 8.60. The van der Waals surface area contributed by atoms with Gasteiger partial charge in [-0.2, -0.15) is 0 Å². The van der Waals surface area contributed by atoms with E-state index in [1.807, 2.05) is 0 Å². The molecule has 100 valence electrons. The lowest BCUT2D eigenvalue weighted by Crippen LogP contribution is -2.40. The van der Waals surface area contributed by atoms with E-state index in [-0.39, 0.29) is 12.6 Å². The summed E-state index contributed by atoms with van der Waals surface area (Å²) in [4.78, 5) is 2.36. The minimum absolute atomic E-state index is 0.156. The zero-order chi connectivity index (χ0) is 13.1. The Labute approximate surface area is 117 Å². The normalized spacial score (nSPS) is 25.0. The summed E-state index contributed by atoms with van der Waals surface area (Å²) < 4.78 is 1.13. The van der Waals surface area contributed by atoms with Crippen LogP contribution in [0.4, 0.5) is 5.69 Å². The topological polar surface area (TPSA) is 35.5 Å². The fraction of sp³-hybridized carbons (Fsp3) is 0.571. The van der Waals surface area contributed by atoms with Crippen LogP contribution in [0.5, 0.6) is 0 Å². The highest BCUT2D eigenvalue weighted by Gasteiger charge is 2.22. The Bertz CT molecular complexity index is 411. The molecular formula is C14H21BrN2O. The maximum atomic E-state index is 9.38. The van der Waals surface area contributed by atoms with Gasteiger partial charge < -0.3 is 15.3 Å². The van der Waals surface area contributed by atoms with Gasteiger partial charge in [-0.1, -0.05) is 13.0 Å². The molecule has 0 radical (unpaired) electrons. The van der Waals surface area contributed by atoms with Crippen LogP contribution in [0.25, 0.3) is 0 Å². The Kier molecular flexibility index (Phi) is 4.65. The summed E-state index contributed by atoms with van der Waals surface area (Å²) in [5.74, 6) is 0.578. The van der Waals surface area contributed by atoms with E-state index in [9.17, 15) is 5.11 Å². The molecular weight excluding hydrogens is 292 g/mol. The highest BCUT2D eigenvalue weighted by molar-refractivity contribution is 9.10. The quantitative estimate of drug-likeness (QED) is 0.878. The van der Waals surface area contributed by atoms with Gasteiger partial charge in [0.2, 0.25) is 0 Å². The summed E-state index contributed by atoms with van der Waals surface area (Å²) in [6, 6.07) is 6.60. The van der Waals surface area contributed by atoms with Crippen molar-refractivity contribution >= 4 is 21.6 Å². The van der Waals surface area contributed by atoms with Gasteiger partial charge in [0.15, 0.2) is 0 Å². The van der Waals surface area contributed by atoms with Crippen molar-refractivity contribution in [2.24, 2.45) is 5.92 Å². The smallest absolute Gasteiger partial charge is 0.0601 e. The van der Waals surface area contributed by atoms with Crippen LogP contribution in [-0.2, 0) is 0 Å². The predicted octanol–water partition coefficient (Wildman–Crippen LogP) is 2.16. The van der Waals surface area contributed by atoms with E-state index in [1.165, 1.54) is 11.3 Å². The van der Waals surface area contributed by atoms with Crippen molar-refractivity contribution in [1.82, 2.24) is 5.32 Å². The van der Waals surface area contributed by atoms with Crippen LogP contribution in [0.3, 0.4) is 0 Å². The first kappa shape index (κ1) is 13.8. The van der Waals surface area contributed by atoms with E-state index >= 15 is 0 Å². The SMILES string of the molecule is Cc1ccc(N2CC(C)CNC(CO)C2)c(Br)c1. The molecule has 1 aliphatic rings. The third-order valence-electron chi connectivity index (χ3n) is 3.39. The maximum Gasteiger partial charge on any atom is 0.0601 e. The minimum Gasteiger partial charge on any atom is -0.395 e. The van der Waals surface area contributed by atoms with E-state index in [4.69, 9.17) is 0 Å². The fourth-order valence-corrected chi connectivity index (χ4v) is 3.15. The third-order valence-corrected chi connectivity index (χ3v) is 4.03. The van der Waals surface area contributed by atoms with Crippen molar-refractivity contribution < 1.29 is 5.11 Å². The molecule has 2 N–H and O–H groups in total. The number of nitrogens with zero attached hydrogens (tertiary/aromatic N) is 1. The summed E-state index contributed by atoms with van der Waals surface area (Å²) >= 11 is 3.65. The molecule has 1 aromatic rings. The van der Waals surface area contributed by atoms with Gasteiger partial charge in [-0.25, -0.2) is 0 Å². The molecule has 2 rings (SSSR count). The lowest BCUT2D eigenvalue weighted by Gasteiger charge is -2.28. The lowest BCUT2D eigenvalue weighted by atomic mass is 10.1. The minimum atomic E-state index is 0.156. The Balaban J connectivity index is 2.23. The molecule has 2 atom stereocenters. The van der Waals surface area contributed by atoms with Crippen LogP contribution in [-0.4, -0.2) is 37.4 Å². The Morgan fingerprint density at radius 2 is 2.22 bits per heavy atom. The zero-order valence-electron chi connectivity index (χ0n) is 11.0. The average molecular weight is 313 g/mol. The summed E-state index contributed by atoms with van der Waals surface area (Å²) in [5, 5.41) is 12.8. The molecule has 0 spiro atoms. The van der Waals surface area contributed by atoms with Gasteiger partial charge >= 0.3 is 0 Å². The average Bonchev–Trinajstić information content (AvgIpc) is 2.51. The van der Waals surface area contributed by atoms with Crippen LogP contribution in [0, 0.1) is 12.8 Å². The second-order valence-electron chi connectivity index (χ2n) is 5.25. The van der Waals surface area contributed by atoms with E-state index in [1.54, 1.807) is 0 Å². The molecule has 2 unspecified atom stereocenters. The number of aliphatic hydroxyl groups excluding tert-OH is 1. The van der Waals surface area contributed by atoms with Crippen molar-refractivity contribution in [2.75, 3.05) is 31.1 Å². The van der Waals surface area contributed by atoms with Crippen molar-refractivity contribution in [1.29, 1.82) is 0 Å². The highest BCUT2D eigenvalue weighted by atomic mass is 79.9. The molecule has 3 nitrogen and oxygen atoms in total. The third kappa shape index (κ3) is 3.25. The maximum absolute atomic E-state index is 9.38. The molecule has 1 saturated heterocycles. The number of benzene rings is 1. The second kappa shape index (κ2) is 6.04. The Morgan fingerprint density at radius 3 is 2.89 bits per heavy atom. The zero-order valence-corrected chi connectivity index (χ0v) is 12.6. The molecule has 0 bridgehead atoms. The number of aliphatic hydroxyl groups is 1. The van der Waals surface area contributed by atoms with Gasteiger partial charge in [-0.15, -0.1) is 0 Å². The van der Waals surface area contributed by atoms with Gasteiger partial charge in [0.1, 0.15) is 0 Å². The highest BCUT2D eigenvalue weighted by Crippen LogP contribution is 2.28. The number of aryl methyl sites for hydroxylation is 1. The van der Waals surface area contributed by atoms with Crippen LogP contribution < -0.4 is 10.2 Å². The summed E-state index contributed by atoms with van der Waals surface area (Å²) in [7, 11) is 0. The fourth-order valence-electron chi connectivity index (χ4n) is 2.40. The van der Waals surface area contributed by atoms with Crippen molar-refractivity contribution in [3.05, 3.63) is 28.2 Å². The molecule has 1 heterocycles. The van der Waals surface area contributed by atoms with Gasteiger partial charge in [-0.05, 0) is 53.0 Å². The van der Waals surface area contributed by atoms with Gasteiger partial charge in [-0.3, -0.25) is 0 Å². The second-order valence-corrected chi connectivity index (χ2v) is 6.11. The van der Waals surface area contributed by atoms with Crippen LogP contribution in [0.1, 0.15) is 12.5 Å². The van der Waals surface area contributed by atoms with E-state index in [0.29, 0.717) is 5.92 Å². The molecule has 1 aromatic carbocycles. The number of rotatable bonds is 2. The monoisotopic (exact) mass is 312 g/mol. The summed E-state index contributed by atoms with van der Waals surface area (Å²) in [5.41, 5.74) is 2.47. The molecule has 0 saturated carbocycles. The predicted molar refractivity (Wildman–Crippen MR) is 79.1 cm³/mol. The first-order valence-corrected chi connectivity index (χ1v) is 7.24. The largest absolute Gasteiger partial charge is 0.395 e.